The lowest BCUT2D eigenvalue weighted by Crippen LogP contribution is -2.37. The van der Waals surface area contributed by atoms with Crippen LogP contribution in [0.15, 0.2) is 74.0 Å². The molecular formula is C20H20N2O5. The molecule has 0 amide bonds. The Kier molecular flexibility index (Phi) is 4.37. The molecule has 2 N–H and O–H groups in total. The van der Waals surface area contributed by atoms with Crippen molar-refractivity contribution in [3.05, 3.63) is 76.7 Å². The van der Waals surface area contributed by atoms with E-state index in [1.54, 1.807) is 18.6 Å². The smallest absolute Gasteiger partial charge is 0.340 e. The van der Waals surface area contributed by atoms with Crippen molar-refractivity contribution in [2.75, 3.05) is 27.2 Å². The van der Waals surface area contributed by atoms with Gasteiger partial charge in [-0.05, 0) is 37.4 Å². The monoisotopic (exact) mass is 368 g/mol. The Balaban J connectivity index is 1.87. The van der Waals surface area contributed by atoms with E-state index in [1.807, 2.05) is 31.3 Å². The third kappa shape index (κ3) is 3.06. The highest BCUT2D eigenvalue weighted by Crippen LogP contribution is 2.44. The topological polar surface area (TPSA) is 91.1 Å². The van der Waals surface area contributed by atoms with Crippen molar-refractivity contribution in [1.29, 1.82) is 0 Å². The third-order valence-corrected chi connectivity index (χ3v) is 4.67. The molecule has 0 spiro atoms. The minimum atomic E-state index is -0.537. The van der Waals surface area contributed by atoms with Gasteiger partial charge in [0.15, 0.2) is 0 Å². The molecule has 7 nitrogen and oxygen atoms in total. The molecule has 0 fully saturated rings. The van der Waals surface area contributed by atoms with Crippen LogP contribution in [0.2, 0.25) is 0 Å². The summed E-state index contributed by atoms with van der Waals surface area (Å²) in [6, 6.07) is 7.29. The molecular weight excluding hydrogens is 348 g/mol. The summed E-state index contributed by atoms with van der Waals surface area (Å²) in [7, 11) is 3.32. The molecule has 0 radical (unpaired) electrons. The maximum absolute atomic E-state index is 12.4. The van der Waals surface area contributed by atoms with Gasteiger partial charge in [0.25, 0.3) is 0 Å². The van der Waals surface area contributed by atoms with Crippen molar-refractivity contribution in [2.24, 2.45) is 5.73 Å². The first-order valence-electron chi connectivity index (χ1n) is 8.53. The number of carbonyl (C=O) groups excluding carboxylic acids is 1. The minimum Gasteiger partial charge on any atom is -0.468 e. The van der Waals surface area contributed by atoms with Gasteiger partial charge in [-0.2, -0.15) is 0 Å². The molecule has 7 heteroatoms. The third-order valence-electron chi connectivity index (χ3n) is 4.67. The van der Waals surface area contributed by atoms with Crippen molar-refractivity contribution in [2.45, 2.75) is 5.92 Å². The van der Waals surface area contributed by atoms with E-state index in [0.29, 0.717) is 30.4 Å². The molecule has 4 heterocycles. The Hall–Kier alpha value is -3.19. The number of hydrogen-bond donors (Lipinski definition) is 1. The van der Waals surface area contributed by atoms with E-state index in [1.165, 1.54) is 7.11 Å². The van der Waals surface area contributed by atoms with E-state index >= 15 is 0 Å². The molecule has 2 aromatic heterocycles. The predicted octanol–water partition coefficient (Wildman–Crippen LogP) is 2.61. The molecule has 2 aliphatic heterocycles. The van der Waals surface area contributed by atoms with E-state index in [9.17, 15) is 4.79 Å². The van der Waals surface area contributed by atoms with Gasteiger partial charge >= 0.3 is 5.97 Å². The molecule has 0 aromatic carbocycles. The summed E-state index contributed by atoms with van der Waals surface area (Å²) >= 11 is 0. The summed E-state index contributed by atoms with van der Waals surface area (Å²) in [6.45, 7) is 1.26. The summed E-state index contributed by atoms with van der Waals surface area (Å²) in [6.07, 6.45) is 5.11. The Bertz CT molecular complexity index is 935. The molecule has 27 heavy (non-hydrogen) atoms. The SMILES string of the molecule is COC(=O)C1=C(N)OC2=C(CN(C)C/C2=C\c2ccco2)C1c1ccco1. The van der Waals surface area contributed by atoms with E-state index in [-0.39, 0.29) is 11.5 Å². The second kappa shape index (κ2) is 6.85. The maximum Gasteiger partial charge on any atom is 0.340 e. The van der Waals surface area contributed by atoms with Gasteiger partial charge in [-0.1, -0.05) is 0 Å². The van der Waals surface area contributed by atoms with Crippen LogP contribution in [-0.4, -0.2) is 38.1 Å². The van der Waals surface area contributed by atoms with Crippen LogP contribution in [0, 0.1) is 0 Å². The summed E-state index contributed by atoms with van der Waals surface area (Å²) in [5.74, 6) is 0.991. The molecule has 0 aliphatic carbocycles. The van der Waals surface area contributed by atoms with Gasteiger partial charge in [0.2, 0.25) is 5.88 Å². The summed E-state index contributed by atoms with van der Waals surface area (Å²) in [4.78, 5) is 14.6. The number of nitrogens with zero attached hydrogens (tertiary/aromatic N) is 1. The minimum absolute atomic E-state index is 0.0249. The number of esters is 1. The van der Waals surface area contributed by atoms with Gasteiger partial charge in [-0.25, -0.2) is 4.79 Å². The zero-order chi connectivity index (χ0) is 19.0. The fourth-order valence-electron chi connectivity index (χ4n) is 3.58. The number of ether oxygens (including phenoxy) is 2. The molecule has 4 rings (SSSR count). The van der Waals surface area contributed by atoms with Crippen LogP contribution in [0.5, 0.6) is 0 Å². The zero-order valence-electron chi connectivity index (χ0n) is 15.1. The fourth-order valence-corrected chi connectivity index (χ4v) is 3.58. The van der Waals surface area contributed by atoms with Gasteiger partial charge in [-0.3, -0.25) is 4.90 Å². The quantitative estimate of drug-likeness (QED) is 0.833. The summed E-state index contributed by atoms with van der Waals surface area (Å²) in [5.41, 5.74) is 8.20. The first-order chi connectivity index (χ1) is 13.1. The lowest BCUT2D eigenvalue weighted by Gasteiger charge is -2.36. The predicted molar refractivity (Wildman–Crippen MR) is 97.0 cm³/mol. The normalized spacial score (nSPS) is 22.0. The van der Waals surface area contributed by atoms with Crippen LogP contribution < -0.4 is 5.73 Å². The summed E-state index contributed by atoms with van der Waals surface area (Å²) < 4.78 is 21.9. The van der Waals surface area contributed by atoms with E-state index < -0.39 is 11.9 Å². The van der Waals surface area contributed by atoms with Crippen LogP contribution in [0.25, 0.3) is 6.08 Å². The molecule has 0 bridgehead atoms. The number of hydrogen-bond acceptors (Lipinski definition) is 7. The maximum atomic E-state index is 12.4. The Morgan fingerprint density at radius 2 is 2.04 bits per heavy atom. The standard InChI is InChI=1S/C20H20N2O5/c1-22-10-12(9-13-5-3-7-25-13)18-14(11-22)16(15-6-4-8-26-15)17(19(21)27-18)20(23)24-2/h3-9,16H,10-11,21H2,1-2H3/b12-9+. The van der Waals surface area contributed by atoms with Crippen molar-refractivity contribution in [1.82, 2.24) is 4.90 Å². The lowest BCUT2D eigenvalue weighted by molar-refractivity contribution is -0.136. The van der Waals surface area contributed by atoms with Crippen molar-refractivity contribution < 1.29 is 23.1 Å². The number of rotatable bonds is 3. The van der Waals surface area contributed by atoms with Crippen LogP contribution in [-0.2, 0) is 14.3 Å². The second-order valence-electron chi connectivity index (χ2n) is 6.53. The van der Waals surface area contributed by atoms with Crippen LogP contribution in [0.3, 0.4) is 0 Å². The number of likely N-dealkylation sites (N-methyl/N-ethyl adjacent to an activating group) is 1. The first kappa shape index (κ1) is 17.2. The number of furan rings is 2. The molecule has 2 aromatic rings. The number of carbonyl (C=O) groups is 1. The molecule has 0 saturated carbocycles. The average Bonchev–Trinajstić information content (AvgIpc) is 3.34. The second-order valence-corrected chi connectivity index (χ2v) is 6.53. The van der Waals surface area contributed by atoms with Crippen molar-refractivity contribution >= 4 is 12.0 Å². The Labute approximate surface area is 156 Å². The molecule has 1 unspecified atom stereocenters. The van der Waals surface area contributed by atoms with Gasteiger partial charge in [-0.15, -0.1) is 0 Å². The van der Waals surface area contributed by atoms with Gasteiger partial charge in [0, 0.05) is 24.2 Å². The highest BCUT2D eigenvalue weighted by atomic mass is 16.5. The summed E-state index contributed by atoms with van der Waals surface area (Å²) in [5, 5.41) is 0. The molecule has 140 valence electrons. The highest BCUT2D eigenvalue weighted by Gasteiger charge is 2.41. The van der Waals surface area contributed by atoms with Crippen molar-refractivity contribution in [3.63, 3.8) is 0 Å². The van der Waals surface area contributed by atoms with E-state index in [4.69, 9.17) is 24.0 Å². The average molecular weight is 368 g/mol. The molecule has 2 aliphatic rings. The van der Waals surface area contributed by atoms with Gasteiger partial charge < -0.3 is 24.0 Å². The Morgan fingerprint density at radius 1 is 1.26 bits per heavy atom. The molecule has 1 atom stereocenters. The van der Waals surface area contributed by atoms with Gasteiger partial charge in [0.05, 0.1) is 25.6 Å². The number of methoxy groups -OCH3 is 1. The highest BCUT2D eigenvalue weighted by molar-refractivity contribution is 5.92. The Morgan fingerprint density at radius 3 is 2.70 bits per heavy atom. The fraction of sp³-hybridized carbons (Fsp3) is 0.250. The van der Waals surface area contributed by atoms with E-state index in [0.717, 1.165) is 11.1 Å². The van der Waals surface area contributed by atoms with Crippen LogP contribution in [0.4, 0.5) is 0 Å². The van der Waals surface area contributed by atoms with Crippen LogP contribution in [0.1, 0.15) is 17.4 Å². The van der Waals surface area contributed by atoms with Crippen LogP contribution >= 0.6 is 0 Å². The van der Waals surface area contributed by atoms with E-state index in [2.05, 4.69) is 4.90 Å². The number of nitrogens with two attached hydrogens (primary N) is 1. The van der Waals surface area contributed by atoms with Gasteiger partial charge in [0.1, 0.15) is 22.9 Å². The zero-order valence-corrected chi connectivity index (χ0v) is 15.1. The molecule has 0 saturated heterocycles. The van der Waals surface area contributed by atoms with Crippen molar-refractivity contribution in [3.8, 4) is 0 Å². The first-order valence-corrected chi connectivity index (χ1v) is 8.53. The largest absolute Gasteiger partial charge is 0.468 e. The lowest BCUT2D eigenvalue weighted by atomic mass is 9.83.